The number of hydrogen-bond acceptors (Lipinski definition) is 5. The molecular formula is C19H20N2O6S. The Morgan fingerprint density at radius 1 is 1.14 bits per heavy atom. The number of benzene rings is 2. The second kappa shape index (κ2) is 7.61. The molecule has 0 bridgehead atoms. The van der Waals surface area contributed by atoms with E-state index in [2.05, 4.69) is 6.08 Å². The van der Waals surface area contributed by atoms with Crippen LogP contribution in [0.3, 0.4) is 0 Å². The van der Waals surface area contributed by atoms with E-state index in [9.17, 15) is 18.0 Å². The molecule has 9 heteroatoms. The van der Waals surface area contributed by atoms with E-state index in [1.54, 1.807) is 24.3 Å². The number of sulfonamides is 1. The van der Waals surface area contributed by atoms with Crippen molar-refractivity contribution >= 4 is 38.4 Å². The highest BCUT2D eigenvalue weighted by atomic mass is 32.2. The maximum Gasteiger partial charge on any atom is 0.322 e. The predicted molar refractivity (Wildman–Crippen MR) is 104 cm³/mol. The average Bonchev–Trinajstić information content (AvgIpc) is 2.57. The van der Waals surface area contributed by atoms with Gasteiger partial charge in [0, 0.05) is 29.2 Å². The zero-order valence-electron chi connectivity index (χ0n) is 15.1. The predicted octanol–water partition coefficient (Wildman–Crippen LogP) is 2.16. The molecule has 3 N–H and O–H groups in total. The molecule has 1 aliphatic carbocycles. The van der Waals surface area contributed by atoms with Gasteiger partial charge in [-0.25, -0.2) is 8.42 Å². The molecular weight excluding hydrogens is 384 g/mol. The minimum atomic E-state index is -4.26. The van der Waals surface area contributed by atoms with Gasteiger partial charge in [-0.05, 0) is 25.0 Å². The van der Waals surface area contributed by atoms with Crippen LogP contribution in [0.25, 0.3) is 10.8 Å². The number of aliphatic carboxylic acids is 2. The summed E-state index contributed by atoms with van der Waals surface area (Å²) in [6.45, 7) is 0. The molecule has 0 saturated heterocycles. The smallest absolute Gasteiger partial charge is 0.322 e. The fourth-order valence-corrected chi connectivity index (χ4v) is 4.54. The van der Waals surface area contributed by atoms with Gasteiger partial charge in [-0.1, -0.05) is 30.3 Å². The first-order valence-electron chi connectivity index (χ1n) is 8.62. The molecule has 28 heavy (non-hydrogen) atoms. The maximum atomic E-state index is 12.8. The molecule has 1 aliphatic rings. The minimum Gasteiger partial charge on any atom is -0.481 e. The second-order valence-corrected chi connectivity index (χ2v) is 8.21. The van der Waals surface area contributed by atoms with Crippen molar-refractivity contribution < 1.29 is 28.2 Å². The summed E-state index contributed by atoms with van der Waals surface area (Å²) in [6.07, 6.45) is 3.20. The summed E-state index contributed by atoms with van der Waals surface area (Å²) >= 11 is 0. The van der Waals surface area contributed by atoms with E-state index in [-0.39, 0.29) is 4.90 Å². The van der Waals surface area contributed by atoms with Gasteiger partial charge in [-0.2, -0.15) is 4.72 Å². The summed E-state index contributed by atoms with van der Waals surface area (Å²) in [5.74, 6) is -2.96. The lowest BCUT2D eigenvalue weighted by Crippen LogP contribution is -2.42. The lowest BCUT2D eigenvalue weighted by Gasteiger charge is -2.28. The SMILES string of the molecule is CN(C1=CCC1)c1cccc2c(S(=O)(=O)N[C@@H](CC(=O)O)C(=O)O)cccc12. The number of rotatable bonds is 8. The lowest BCUT2D eigenvalue weighted by atomic mass is 10.0. The first kappa shape index (κ1) is 19.8. The monoisotopic (exact) mass is 404 g/mol. The molecule has 148 valence electrons. The molecule has 0 amide bonds. The Bertz CT molecular complexity index is 1080. The standard InChI is InChI=1S/C19H20N2O6S/c1-21(12-5-2-6-12)16-9-3-8-14-13(16)7-4-10-17(14)28(26,27)20-15(19(24)25)11-18(22)23/h3-5,7-10,15,20H,2,6,11H2,1H3,(H,22,23)(H,24,25)/t15-/m0/s1. The van der Waals surface area contributed by atoms with Crippen molar-refractivity contribution in [3.05, 3.63) is 48.2 Å². The molecule has 0 heterocycles. The number of carbonyl (C=O) groups is 2. The highest BCUT2D eigenvalue weighted by Gasteiger charge is 2.29. The summed E-state index contributed by atoms with van der Waals surface area (Å²) < 4.78 is 27.7. The van der Waals surface area contributed by atoms with Crippen LogP contribution in [0, 0.1) is 0 Å². The summed E-state index contributed by atoms with van der Waals surface area (Å²) in [5, 5.41) is 19.1. The highest BCUT2D eigenvalue weighted by Crippen LogP contribution is 2.34. The van der Waals surface area contributed by atoms with Gasteiger partial charge in [0.1, 0.15) is 6.04 Å². The van der Waals surface area contributed by atoms with E-state index in [1.807, 2.05) is 22.7 Å². The maximum absolute atomic E-state index is 12.8. The van der Waals surface area contributed by atoms with Gasteiger partial charge in [0.05, 0.1) is 11.3 Å². The minimum absolute atomic E-state index is 0.0977. The number of nitrogens with one attached hydrogen (secondary N) is 1. The van der Waals surface area contributed by atoms with Crippen LogP contribution in [0.4, 0.5) is 5.69 Å². The van der Waals surface area contributed by atoms with Crippen LogP contribution in [0.1, 0.15) is 19.3 Å². The molecule has 1 atom stereocenters. The third-order valence-corrected chi connectivity index (χ3v) is 6.23. The Hall–Kier alpha value is -2.91. The fraction of sp³-hybridized carbons (Fsp3) is 0.263. The van der Waals surface area contributed by atoms with Crippen LogP contribution in [0.15, 0.2) is 53.1 Å². The van der Waals surface area contributed by atoms with Gasteiger partial charge >= 0.3 is 11.9 Å². The van der Waals surface area contributed by atoms with Gasteiger partial charge < -0.3 is 15.1 Å². The Labute approximate surface area is 162 Å². The van der Waals surface area contributed by atoms with E-state index >= 15 is 0 Å². The number of hydrogen-bond donors (Lipinski definition) is 3. The van der Waals surface area contributed by atoms with Crippen molar-refractivity contribution in [2.75, 3.05) is 11.9 Å². The van der Waals surface area contributed by atoms with Crippen molar-refractivity contribution in [1.82, 2.24) is 4.72 Å². The van der Waals surface area contributed by atoms with Gasteiger partial charge in [-0.15, -0.1) is 0 Å². The van der Waals surface area contributed by atoms with Gasteiger partial charge in [0.25, 0.3) is 0 Å². The Morgan fingerprint density at radius 2 is 1.79 bits per heavy atom. The number of allylic oxidation sites excluding steroid dienone is 2. The number of carboxylic acids is 2. The molecule has 0 aromatic heterocycles. The lowest BCUT2D eigenvalue weighted by molar-refractivity contribution is -0.145. The van der Waals surface area contributed by atoms with E-state index in [0.717, 1.165) is 24.2 Å². The molecule has 2 aromatic carbocycles. The first-order chi connectivity index (χ1) is 13.2. The Morgan fingerprint density at radius 3 is 2.36 bits per heavy atom. The van der Waals surface area contributed by atoms with Crippen LogP contribution >= 0.6 is 0 Å². The Balaban J connectivity index is 2.05. The van der Waals surface area contributed by atoms with Crippen molar-refractivity contribution in [3.63, 3.8) is 0 Å². The van der Waals surface area contributed by atoms with Gasteiger partial charge in [-0.3, -0.25) is 9.59 Å². The fourth-order valence-electron chi connectivity index (χ4n) is 3.13. The van der Waals surface area contributed by atoms with Crippen LogP contribution < -0.4 is 9.62 Å². The number of nitrogens with zero attached hydrogens (tertiary/aromatic N) is 1. The largest absolute Gasteiger partial charge is 0.481 e. The van der Waals surface area contributed by atoms with Crippen molar-refractivity contribution in [1.29, 1.82) is 0 Å². The van der Waals surface area contributed by atoms with Gasteiger partial charge in [0.2, 0.25) is 10.0 Å². The van der Waals surface area contributed by atoms with Crippen LogP contribution in [0.2, 0.25) is 0 Å². The number of anilines is 1. The van der Waals surface area contributed by atoms with Crippen LogP contribution in [0.5, 0.6) is 0 Å². The molecule has 0 unspecified atom stereocenters. The zero-order valence-corrected chi connectivity index (χ0v) is 15.9. The average molecular weight is 404 g/mol. The van der Waals surface area contributed by atoms with Crippen LogP contribution in [-0.4, -0.2) is 43.7 Å². The van der Waals surface area contributed by atoms with E-state index in [4.69, 9.17) is 10.2 Å². The number of carboxylic acid groups (broad SMARTS) is 2. The highest BCUT2D eigenvalue weighted by molar-refractivity contribution is 7.89. The van der Waals surface area contributed by atoms with E-state index < -0.39 is 34.4 Å². The third-order valence-electron chi connectivity index (χ3n) is 4.70. The summed E-state index contributed by atoms with van der Waals surface area (Å²) in [5.41, 5.74) is 1.98. The van der Waals surface area contributed by atoms with Crippen molar-refractivity contribution in [2.24, 2.45) is 0 Å². The molecule has 2 aromatic rings. The topological polar surface area (TPSA) is 124 Å². The Kier molecular flexibility index (Phi) is 5.39. The molecule has 0 spiro atoms. The zero-order chi connectivity index (χ0) is 20.5. The van der Waals surface area contributed by atoms with Gasteiger partial charge in [0.15, 0.2) is 0 Å². The molecule has 8 nitrogen and oxygen atoms in total. The summed E-state index contributed by atoms with van der Waals surface area (Å²) in [6, 6.07) is 8.25. The second-order valence-electron chi connectivity index (χ2n) is 6.53. The molecule has 0 radical (unpaired) electrons. The molecule has 0 fully saturated rings. The third kappa shape index (κ3) is 3.85. The summed E-state index contributed by atoms with van der Waals surface area (Å²) in [7, 11) is -2.35. The summed E-state index contributed by atoms with van der Waals surface area (Å²) in [4.78, 5) is 24.0. The van der Waals surface area contributed by atoms with Crippen molar-refractivity contribution in [2.45, 2.75) is 30.2 Å². The molecule has 0 aliphatic heterocycles. The van der Waals surface area contributed by atoms with Crippen molar-refractivity contribution in [3.8, 4) is 0 Å². The molecule has 3 rings (SSSR count). The first-order valence-corrected chi connectivity index (χ1v) is 10.1. The quantitative estimate of drug-likeness (QED) is 0.616. The normalized spacial score (nSPS) is 14.8. The molecule has 0 saturated carbocycles. The number of fused-ring (bicyclic) bond motifs is 1. The van der Waals surface area contributed by atoms with E-state index in [1.165, 1.54) is 6.07 Å². The van der Waals surface area contributed by atoms with Crippen LogP contribution in [-0.2, 0) is 19.6 Å². The van der Waals surface area contributed by atoms with E-state index in [0.29, 0.717) is 10.8 Å².